The summed E-state index contributed by atoms with van der Waals surface area (Å²) in [5, 5.41) is 13.8. The molecular formula is C22H25N3O. The van der Waals surface area contributed by atoms with Crippen LogP contribution in [0.15, 0.2) is 36.4 Å². The van der Waals surface area contributed by atoms with E-state index in [-0.39, 0.29) is 0 Å². The number of benzene rings is 3. The molecule has 4 nitrogen and oxygen atoms in total. The smallest absolute Gasteiger partial charge is 0.129 e. The van der Waals surface area contributed by atoms with E-state index >= 15 is 0 Å². The standard InChI is InChI=1S/C22H25N3O/c1-4-5-6-7-13-25-22-18-14-15(2)11-12-16(18)17-9-8-10-19(26-3)20(17)21(22)23-24-25/h8-12,14H,4-7,13H2,1-3H3. The summed E-state index contributed by atoms with van der Waals surface area (Å²) in [6, 6.07) is 12.8. The summed E-state index contributed by atoms with van der Waals surface area (Å²) in [5.41, 5.74) is 3.31. The van der Waals surface area contributed by atoms with Crippen LogP contribution < -0.4 is 4.74 Å². The largest absolute Gasteiger partial charge is 0.496 e. The van der Waals surface area contributed by atoms with Crippen LogP contribution in [0.1, 0.15) is 38.2 Å². The first kappa shape index (κ1) is 16.8. The Balaban J connectivity index is 2.02. The predicted molar refractivity (Wildman–Crippen MR) is 108 cm³/mol. The molecule has 0 fully saturated rings. The summed E-state index contributed by atoms with van der Waals surface area (Å²) in [6.07, 6.45) is 4.86. The van der Waals surface area contributed by atoms with Gasteiger partial charge in [0.1, 0.15) is 11.3 Å². The zero-order valence-electron chi connectivity index (χ0n) is 15.7. The highest BCUT2D eigenvalue weighted by molar-refractivity contribution is 6.24. The van der Waals surface area contributed by atoms with Crippen LogP contribution in [0.25, 0.3) is 32.6 Å². The minimum Gasteiger partial charge on any atom is -0.496 e. The Morgan fingerprint density at radius 1 is 1.00 bits per heavy atom. The van der Waals surface area contributed by atoms with E-state index in [4.69, 9.17) is 4.74 Å². The number of rotatable bonds is 6. The highest BCUT2D eigenvalue weighted by Gasteiger charge is 2.17. The van der Waals surface area contributed by atoms with Gasteiger partial charge in [0.05, 0.1) is 18.0 Å². The Morgan fingerprint density at radius 2 is 1.88 bits per heavy atom. The van der Waals surface area contributed by atoms with Gasteiger partial charge >= 0.3 is 0 Å². The number of hydrogen-bond donors (Lipinski definition) is 0. The second-order valence-electron chi connectivity index (χ2n) is 7.00. The lowest BCUT2D eigenvalue weighted by atomic mass is 9.97. The van der Waals surface area contributed by atoms with Crippen molar-refractivity contribution in [3.8, 4) is 5.75 Å². The molecule has 0 amide bonds. The number of nitrogens with zero attached hydrogens (tertiary/aromatic N) is 3. The SMILES string of the molecule is CCCCCCn1nnc2c3c(OC)cccc3c3ccc(C)cc3c21. The molecule has 0 atom stereocenters. The average molecular weight is 347 g/mol. The van der Waals surface area contributed by atoms with Crippen molar-refractivity contribution in [2.45, 2.75) is 46.1 Å². The molecule has 0 unspecified atom stereocenters. The summed E-state index contributed by atoms with van der Waals surface area (Å²) >= 11 is 0. The first-order chi connectivity index (χ1) is 12.7. The van der Waals surface area contributed by atoms with Crippen LogP contribution in [0, 0.1) is 6.92 Å². The molecule has 4 aromatic rings. The highest BCUT2D eigenvalue weighted by Crippen LogP contribution is 2.38. The summed E-state index contributed by atoms with van der Waals surface area (Å²) in [6.45, 7) is 5.27. The maximum absolute atomic E-state index is 5.65. The molecule has 26 heavy (non-hydrogen) atoms. The third-order valence-corrected chi connectivity index (χ3v) is 5.16. The lowest BCUT2D eigenvalue weighted by Crippen LogP contribution is -2.01. The summed E-state index contributed by atoms with van der Waals surface area (Å²) in [5.74, 6) is 0.855. The second-order valence-corrected chi connectivity index (χ2v) is 7.00. The molecule has 0 saturated heterocycles. The van der Waals surface area contributed by atoms with E-state index in [0.717, 1.165) is 35.1 Å². The number of aromatic nitrogens is 3. The molecule has 0 aliphatic heterocycles. The molecule has 0 spiro atoms. The molecule has 0 aliphatic rings. The van der Waals surface area contributed by atoms with Crippen molar-refractivity contribution in [2.24, 2.45) is 0 Å². The Kier molecular flexibility index (Phi) is 4.49. The van der Waals surface area contributed by atoms with Crippen LogP contribution in [0.3, 0.4) is 0 Å². The fourth-order valence-corrected chi connectivity index (χ4v) is 3.85. The van der Waals surface area contributed by atoms with Gasteiger partial charge in [-0.3, -0.25) is 0 Å². The Hall–Kier alpha value is -2.62. The van der Waals surface area contributed by atoms with Crippen LogP contribution in [-0.2, 0) is 6.54 Å². The maximum atomic E-state index is 5.65. The number of hydrogen-bond acceptors (Lipinski definition) is 3. The van der Waals surface area contributed by atoms with Gasteiger partial charge in [-0.1, -0.05) is 61.2 Å². The molecule has 1 heterocycles. The lowest BCUT2D eigenvalue weighted by molar-refractivity contribution is 0.420. The fourth-order valence-electron chi connectivity index (χ4n) is 3.85. The Labute approximate surface area is 153 Å². The van der Waals surface area contributed by atoms with Gasteiger partial charge in [-0.15, -0.1) is 5.10 Å². The summed E-state index contributed by atoms with van der Waals surface area (Å²) in [4.78, 5) is 0. The monoisotopic (exact) mass is 347 g/mol. The molecule has 4 heteroatoms. The summed E-state index contributed by atoms with van der Waals surface area (Å²) < 4.78 is 7.74. The van der Waals surface area contributed by atoms with Gasteiger partial charge in [0.2, 0.25) is 0 Å². The van der Waals surface area contributed by atoms with Gasteiger partial charge in [-0.25, -0.2) is 4.68 Å². The lowest BCUT2D eigenvalue weighted by Gasteiger charge is -2.11. The molecule has 3 aromatic carbocycles. The first-order valence-electron chi connectivity index (χ1n) is 9.46. The average Bonchev–Trinajstić information content (AvgIpc) is 3.09. The fraction of sp³-hybridized carbons (Fsp3) is 0.364. The van der Waals surface area contributed by atoms with Crippen LogP contribution in [-0.4, -0.2) is 22.1 Å². The number of aryl methyl sites for hydroxylation is 2. The van der Waals surface area contributed by atoms with Crippen LogP contribution >= 0.6 is 0 Å². The zero-order valence-corrected chi connectivity index (χ0v) is 15.7. The van der Waals surface area contributed by atoms with Gasteiger partial charge in [0.15, 0.2) is 0 Å². The Morgan fingerprint density at radius 3 is 2.69 bits per heavy atom. The maximum Gasteiger partial charge on any atom is 0.129 e. The Bertz CT molecular complexity index is 1080. The van der Waals surface area contributed by atoms with Gasteiger partial charge in [0, 0.05) is 11.9 Å². The minimum atomic E-state index is 0.855. The molecule has 1 aromatic heterocycles. The molecular weight excluding hydrogens is 322 g/mol. The zero-order chi connectivity index (χ0) is 18.1. The van der Waals surface area contributed by atoms with Crippen molar-refractivity contribution in [3.05, 3.63) is 42.0 Å². The number of methoxy groups -OCH3 is 1. The molecule has 0 bridgehead atoms. The van der Waals surface area contributed by atoms with Crippen molar-refractivity contribution < 1.29 is 4.74 Å². The molecule has 4 rings (SSSR count). The highest BCUT2D eigenvalue weighted by atomic mass is 16.5. The van der Waals surface area contributed by atoms with Crippen molar-refractivity contribution in [1.82, 2.24) is 15.0 Å². The molecule has 134 valence electrons. The van der Waals surface area contributed by atoms with E-state index in [2.05, 4.69) is 53.1 Å². The number of unbranched alkanes of at least 4 members (excludes halogenated alkanes) is 3. The van der Waals surface area contributed by atoms with Gasteiger partial charge in [0.25, 0.3) is 0 Å². The molecule has 0 saturated carbocycles. The summed E-state index contributed by atoms with van der Waals surface area (Å²) in [7, 11) is 1.72. The van der Waals surface area contributed by atoms with E-state index in [1.807, 2.05) is 12.1 Å². The normalized spacial score (nSPS) is 11.7. The quantitative estimate of drug-likeness (QED) is 0.335. The predicted octanol–water partition coefficient (Wildman–Crippen LogP) is 5.64. The van der Waals surface area contributed by atoms with E-state index in [9.17, 15) is 0 Å². The van der Waals surface area contributed by atoms with Gasteiger partial charge < -0.3 is 4.74 Å². The molecule has 0 aliphatic carbocycles. The van der Waals surface area contributed by atoms with Crippen molar-refractivity contribution >= 4 is 32.6 Å². The van der Waals surface area contributed by atoms with Crippen LogP contribution in [0.4, 0.5) is 0 Å². The molecule has 0 radical (unpaired) electrons. The van der Waals surface area contributed by atoms with E-state index in [0.29, 0.717) is 0 Å². The molecule has 0 N–H and O–H groups in total. The topological polar surface area (TPSA) is 39.9 Å². The van der Waals surface area contributed by atoms with Crippen LogP contribution in [0.5, 0.6) is 5.75 Å². The third-order valence-electron chi connectivity index (χ3n) is 5.16. The van der Waals surface area contributed by atoms with Crippen molar-refractivity contribution in [2.75, 3.05) is 7.11 Å². The minimum absolute atomic E-state index is 0.855. The number of fused-ring (bicyclic) bond motifs is 6. The third kappa shape index (κ3) is 2.70. The van der Waals surface area contributed by atoms with Gasteiger partial charge in [-0.05, 0) is 36.2 Å². The van der Waals surface area contributed by atoms with E-state index in [1.165, 1.54) is 41.0 Å². The first-order valence-corrected chi connectivity index (χ1v) is 9.46. The number of ether oxygens (including phenoxy) is 1. The second kappa shape index (κ2) is 6.94. The van der Waals surface area contributed by atoms with E-state index < -0.39 is 0 Å². The van der Waals surface area contributed by atoms with Crippen molar-refractivity contribution in [3.63, 3.8) is 0 Å². The van der Waals surface area contributed by atoms with Crippen LogP contribution in [0.2, 0.25) is 0 Å². The van der Waals surface area contributed by atoms with Gasteiger partial charge in [-0.2, -0.15) is 0 Å². The van der Waals surface area contributed by atoms with E-state index in [1.54, 1.807) is 7.11 Å². The van der Waals surface area contributed by atoms with Crippen molar-refractivity contribution in [1.29, 1.82) is 0 Å².